The molecule has 0 spiro atoms. The Morgan fingerprint density at radius 3 is 2.89 bits per heavy atom. The zero-order valence-corrected chi connectivity index (χ0v) is 7.02. The third-order valence-corrected chi connectivity index (χ3v) is 1.42. The van der Waals surface area contributed by atoms with Gasteiger partial charge in [-0.15, -0.1) is 0 Å². The summed E-state index contributed by atoms with van der Waals surface area (Å²) in [5, 5.41) is 12.1. The zero-order chi connectivity index (χ0) is 7.11. The summed E-state index contributed by atoms with van der Waals surface area (Å²) in [5.74, 6) is 0. The smallest absolute Gasteiger partial charge is 0.0603 e. The molecule has 0 fully saturated rings. The van der Waals surface area contributed by atoms with Crippen LogP contribution in [0.1, 0.15) is 6.42 Å². The van der Waals surface area contributed by atoms with Gasteiger partial charge in [0.15, 0.2) is 0 Å². The Kier molecular flexibility index (Phi) is 6.12. The number of azide groups is 1. The van der Waals surface area contributed by atoms with Crippen LogP contribution in [0, 0.1) is 0 Å². The van der Waals surface area contributed by atoms with Crippen LogP contribution >= 0.6 is 22.6 Å². The molecule has 0 saturated carbocycles. The van der Waals surface area contributed by atoms with Gasteiger partial charge in [-0.05, 0) is 12.0 Å². The van der Waals surface area contributed by atoms with Gasteiger partial charge >= 0.3 is 0 Å². The molecule has 1 N–H and O–H groups in total. The van der Waals surface area contributed by atoms with Crippen molar-refractivity contribution in [1.82, 2.24) is 0 Å². The molecule has 0 radical (unpaired) electrons. The molecule has 0 unspecified atom stereocenters. The Labute approximate surface area is 67.0 Å². The predicted molar refractivity (Wildman–Crippen MR) is 43.5 cm³/mol. The third kappa shape index (κ3) is 5.88. The van der Waals surface area contributed by atoms with E-state index in [1.165, 1.54) is 0 Å². The van der Waals surface area contributed by atoms with E-state index in [9.17, 15) is 0 Å². The molecule has 0 aromatic rings. The highest BCUT2D eigenvalue weighted by atomic mass is 127. The van der Waals surface area contributed by atoms with Crippen LogP contribution in [0.3, 0.4) is 0 Å². The second-order valence-electron chi connectivity index (χ2n) is 1.54. The summed E-state index contributed by atoms with van der Waals surface area (Å²) in [6.45, 7) is 0.194. The molecule has 0 saturated heterocycles. The summed E-state index contributed by atoms with van der Waals surface area (Å²) in [7, 11) is 0. The molecular formula is C4H8IN3O. The summed E-state index contributed by atoms with van der Waals surface area (Å²) in [5.41, 5.74) is 7.83. The van der Waals surface area contributed by atoms with E-state index in [1.807, 2.05) is 0 Å². The lowest BCUT2D eigenvalue weighted by molar-refractivity contribution is 0.181. The normalized spacial score (nSPS) is 12.2. The fourth-order valence-corrected chi connectivity index (χ4v) is 1.07. The Bertz CT molecular complexity index is 112. The predicted octanol–water partition coefficient (Wildman–Crippen LogP) is 1.48. The quantitative estimate of drug-likeness (QED) is 0.261. The molecule has 9 heavy (non-hydrogen) atoms. The van der Waals surface area contributed by atoms with Crippen molar-refractivity contribution in [2.75, 3.05) is 11.0 Å². The fourth-order valence-electron chi connectivity index (χ4n) is 0.348. The molecule has 0 aliphatic carbocycles. The first-order chi connectivity index (χ1) is 4.31. The maximum atomic E-state index is 8.91. The number of alkyl halides is 1. The van der Waals surface area contributed by atoms with E-state index in [4.69, 9.17) is 10.6 Å². The lowest BCUT2D eigenvalue weighted by Gasteiger charge is -2.01. The van der Waals surface area contributed by atoms with Gasteiger partial charge in [-0.1, -0.05) is 27.7 Å². The molecule has 0 aliphatic rings. The Hall–Kier alpha value is 0. The van der Waals surface area contributed by atoms with Crippen LogP contribution < -0.4 is 0 Å². The van der Waals surface area contributed by atoms with Crippen LogP contribution in [-0.2, 0) is 0 Å². The second-order valence-corrected chi connectivity index (χ2v) is 2.62. The Balaban J connectivity index is 3.25. The van der Waals surface area contributed by atoms with Gasteiger partial charge in [0, 0.05) is 9.34 Å². The molecule has 0 bridgehead atoms. The average molecular weight is 241 g/mol. The molecule has 4 nitrogen and oxygen atoms in total. The Morgan fingerprint density at radius 2 is 2.44 bits per heavy atom. The molecule has 0 aromatic carbocycles. The first-order valence-electron chi connectivity index (χ1n) is 2.56. The number of hydrogen-bond acceptors (Lipinski definition) is 2. The highest BCUT2D eigenvalue weighted by Crippen LogP contribution is 1.96. The molecule has 0 rings (SSSR count). The molecule has 5 heteroatoms. The lowest BCUT2D eigenvalue weighted by atomic mass is 10.3. The SMILES string of the molecule is [N-]=[N+]=NC[C@H](O)CCI. The number of aliphatic hydroxyl groups excluding tert-OH is 1. The number of nitrogens with zero attached hydrogens (tertiary/aromatic N) is 3. The van der Waals surface area contributed by atoms with Crippen molar-refractivity contribution in [3.8, 4) is 0 Å². The van der Waals surface area contributed by atoms with Crippen LogP contribution in [0.4, 0.5) is 0 Å². The first-order valence-corrected chi connectivity index (χ1v) is 4.08. The lowest BCUT2D eigenvalue weighted by Crippen LogP contribution is -2.10. The molecule has 0 heterocycles. The number of aliphatic hydroxyl groups is 1. The van der Waals surface area contributed by atoms with Crippen molar-refractivity contribution in [3.63, 3.8) is 0 Å². The number of hydrogen-bond donors (Lipinski definition) is 1. The largest absolute Gasteiger partial charge is 0.393 e. The summed E-state index contributed by atoms with van der Waals surface area (Å²) in [4.78, 5) is 2.52. The molecule has 0 amide bonds. The first kappa shape index (κ1) is 9.00. The molecular weight excluding hydrogens is 233 g/mol. The van der Waals surface area contributed by atoms with Gasteiger partial charge in [0.1, 0.15) is 0 Å². The van der Waals surface area contributed by atoms with E-state index < -0.39 is 6.10 Å². The van der Waals surface area contributed by atoms with E-state index in [1.54, 1.807) is 0 Å². The zero-order valence-electron chi connectivity index (χ0n) is 4.87. The van der Waals surface area contributed by atoms with E-state index in [0.29, 0.717) is 6.42 Å². The molecule has 0 aromatic heterocycles. The summed E-state index contributed by atoms with van der Waals surface area (Å²) >= 11 is 2.16. The van der Waals surface area contributed by atoms with Gasteiger partial charge < -0.3 is 5.11 Å². The second kappa shape index (κ2) is 6.12. The van der Waals surface area contributed by atoms with Crippen LogP contribution in [-0.4, -0.2) is 22.2 Å². The van der Waals surface area contributed by atoms with E-state index >= 15 is 0 Å². The monoisotopic (exact) mass is 241 g/mol. The van der Waals surface area contributed by atoms with Crippen molar-refractivity contribution in [3.05, 3.63) is 10.4 Å². The van der Waals surface area contributed by atoms with Crippen LogP contribution in [0.25, 0.3) is 10.4 Å². The van der Waals surface area contributed by atoms with E-state index in [2.05, 4.69) is 32.6 Å². The minimum absolute atomic E-state index is 0.194. The van der Waals surface area contributed by atoms with Crippen molar-refractivity contribution >= 4 is 22.6 Å². The van der Waals surface area contributed by atoms with Gasteiger partial charge in [0.25, 0.3) is 0 Å². The highest BCUT2D eigenvalue weighted by molar-refractivity contribution is 14.1. The van der Waals surface area contributed by atoms with Gasteiger partial charge in [0.05, 0.1) is 12.6 Å². The molecule has 0 aliphatic heterocycles. The van der Waals surface area contributed by atoms with E-state index in [-0.39, 0.29) is 6.54 Å². The van der Waals surface area contributed by atoms with Crippen LogP contribution in [0.15, 0.2) is 5.11 Å². The van der Waals surface area contributed by atoms with Crippen LogP contribution in [0.5, 0.6) is 0 Å². The van der Waals surface area contributed by atoms with E-state index in [0.717, 1.165) is 4.43 Å². The van der Waals surface area contributed by atoms with Crippen molar-refractivity contribution in [1.29, 1.82) is 0 Å². The molecule has 1 atom stereocenters. The fraction of sp³-hybridized carbons (Fsp3) is 1.00. The minimum Gasteiger partial charge on any atom is -0.393 e. The maximum Gasteiger partial charge on any atom is 0.0603 e. The standard InChI is InChI=1S/C4H8IN3O/c5-2-1-4(9)3-7-8-6/h4,9H,1-3H2/t4-/m1/s1. The van der Waals surface area contributed by atoms with Crippen molar-refractivity contribution in [2.24, 2.45) is 5.11 Å². The maximum absolute atomic E-state index is 8.91. The number of rotatable bonds is 4. The minimum atomic E-state index is -0.460. The van der Waals surface area contributed by atoms with Gasteiger partial charge in [-0.2, -0.15) is 0 Å². The molecule has 52 valence electrons. The average Bonchev–Trinajstić information content (AvgIpc) is 1.85. The number of halogens is 1. The van der Waals surface area contributed by atoms with Crippen molar-refractivity contribution in [2.45, 2.75) is 12.5 Å². The van der Waals surface area contributed by atoms with Gasteiger partial charge in [0.2, 0.25) is 0 Å². The van der Waals surface area contributed by atoms with Gasteiger partial charge in [-0.3, -0.25) is 0 Å². The summed E-state index contributed by atoms with van der Waals surface area (Å²) in [6.07, 6.45) is 0.234. The topological polar surface area (TPSA) is 69.0 Å². The Morgan fingerprint density at radius 1 is 1.78 bits per heavy atom. The summed E-state index contributed by atoms with van der Waals surface area (Å²) < 4.78 is 0.889. The van der Waals surface area contributed by atoms with Gasteiger partial charge in [-0.25, -0.2) is 0 Å². The summed E-state index contributed by atoms with van der Waals surface area (Å²) in [6, 6.07) is 0. The van der Waals surface area contributed by atoms with Crippen LogP contribution in [0.2, 0.25) is 0 Å². The third-order valence-electron chi connectivity index (χ3n) is 0.798. The van der Waals surface area contributed by atoms with Crippen molar-refractivity contribution < 1.29 is 5.11 Å². The highest BCUT2D eigenvalue weighted by Gasteiger charge is 1.98.